The molecule has 2 heterocycles. The number of aromatic nitrogens is 2. The molecule has 1 aromatic heterocycles. The van der Waals surface area contributed by atoms with Crippen molar-refractivity contribution in [3.8, 4) is 0 Å². The lowest BCUT2D eigenvalue weighted by molar-refractivity contribution is -0.117. The minimum Gasteiger partial charge on any atom is -0.357 e. The van der Waals surface area contributed by atoms with E-state index in [0.717, 1.165) is 29.1 Å². The molecule has 1 saturated heterocycles. The second kappa shape index (κ2) is 8.34. The van der Waals surface area contributed by atoms with Gasteiger partial charge in [-0.25, -0.2) is 9.98 Å². The largest absolute Gasteiger partial charge is 0.357 e. The average molecular weight is 390 g/mol. The van der Waals surface area contributed by atoms with Gasteiger partial charge >= 0.3 is 0 Å². The molecule has 1 amide bonds. The van der Waals surface area contributed by atoms with Crippen LogP contribution in [-0.2, 0) is 18.4 Å². The molecule has 1 fully saturated rings. The summed E-state index contributed by atoms with van der Waals surface area (Å²) in [7, 11) is 2.01. The van der Waals surface area contributed by atoms with E-state index < -0.39 is 0 Å². The molecule has 1 atom stereocenters. The highest BCUT2D eigenvalue weighted by atomic mass is 16.2. The Kier molecular flexibility index (Phi) is 5.46. The Balaban J connectivity index is 1.46. The summed E-state index contributed by atoms with van der Waals surface area (Å²) in [6.07, 6.45) is 0.450. The van der Waals surface area contributed by atoms with E-state index in [1.807, 2.05) is 67.4 Å². The first-order valence-corrected chi connectivity index (χ1v) is 9.96. The molecule has 0 radical (unpaired) electrons. The number of nitrogens with one attached hydrogen (secondary N) is 2. The maximum absolute atomic E-state index is 12.5. The van der Waals surface area contributed by atoms with Crippen molar-refractivity contribution in [3.05, 3.63) is 60.4 Å². The molecule has 150 valence electrons. The number of nitrogens with zero attached hydrogens (tertiary/aromatic N) is 4. The summed E-state index contributed by atoms with van der Waals surface area (Å²) in [4.78, 5) is 23.7. The number of anilines is 1. The highest BCUT2D eigenvalue weighted by molar-refractivity contribution is 5.97. The number of imidazole rings is 1. The molecule has 0 aliphatic carbocycles. The summed E-state index contributed by atoms with van der Waals surface area (Å²) in [5.74, 6) is 1.73. The quantitative estimate of drug-likeness (QED) is 0.518. The Morgan fingerprint density at radius 1 is 1.17 bits per heavy atom. The molecular weight excluding hydrogens is 364 g/mol. The van der Waals surface area contributed by atoms with Gasteiger partial charge in [0, 0.05) is 32.2 Å². The third-order valence-corrected chi connectivity index (χ3v) is 5.14. The van der Waals surface area contributed by atoms with Gasteiger partial charge in [0.2, 0.25) is 5.91 Å². The first-order valence-electron chi connectivity index (χ1n) is 9.96. The third-order valence-electron chi connectivity index (χ3n) is 5.14. The molecule has 2 aromatic carbocycles. The third kappa shape index (κ3) is 4.08. The summed E-state index contributed by atoms with van der Waals surface area (Å²) < 4.78 is 2.07. The zero-order valence-corrected chi connectivity index (χ0v) is 16.8. The molecule has 4 rings (SSSR count). The van der Waals surface area contributed by atoms with Crippen molar-refractivity contribution in [1.82, 2.24) is 20.2 Å². The molecule has 1 aliphatic heterocycles. The smallest absolute Gasteiger partial charge is 0.229 e. The first-order chi connectivity index (χ1) is 14.2. The second-order valence-corrected chi connectivity index (χ2v) is 7.16. The zero-order valence-electron chi connectivity index (χ0n) is 16.8. The van der Waals surface area contributed by atoms with Gasteiger partial charge in [-0.1, -0.05) is 30.3 Å². The summed E-state index contributed by atoms with van der Waals surface area (Å²) in [6.45, 7) is 3.86. The van der Waals surface area contributed by atoms with Gasteiger partial charge < -0.3 is 20.1 Å². The number of para-hydroxylation sites is 3. The predicted octanol–water partition coefficient (Wildman–Crippen LogP) is 2.43. The highest BCUT2D eigenvalue weighted by Crippen LogP contribution is 2.21. The van der Waals surface area contributed by atoms with Crippen LogP contribution < -0.4 is 15.5 Å². The predicted molar refractivity (Wildman–Crippen MR) is 116 cm³/mol. The molecule has 0 spiro atoms. The Morgan fingerprint density at radius 2 is 1.93 bits per heavy atom. The monoisotopic (exact) mass is 390 g/mol. The molecule has 7 heteroatoms. The minimum atomic E-state index is 0.0148. The molecule has 0 bridgehead atoms. The highest BCUT2D eigenvalue weighted by Gasteiger charge is 2.31. The van der Waals surface area contributed by atoms with Gasteiger partial charge in [-0.2, -0.15) is 0 Å². The summed E-state index contributed by atoms with van der Waals surface area (Å²) in [5, 5.41) is 6.68. The van der Waals surface area contributed by atoms with Gasteiger partial charge in [-0.05, 0) is 31.2 Å². The van der Waals surface area contributed by atoms with Crippen molar-refractivity contribution < 1.29 is 4.79 Å². The molecule has 7 nitrogen and oxygen atoms in total. The number of aryl methyl sites for hydroxylation is 1. The van der Waals surface area contributed by atoms with Crippen LogP contribution in [0.5, 0.6) is 0 Å². The van der Waals surface area contributed by atoms with E-state index in [2.05, 4.69) is 26.3 Å². The number of carbonyl (C=O) groups is 1. The Hall–Kier alpha value is -3.35. The van der Waals surface area contributed by atoms with Gasteiger partial charge in [-0.3, -0.25) is 4.79 Å². The van der Waals surface area contributed by atoms with Crippen LogP contribution >= 0.6 is 0 Å². The zero-order chi connectivity index (χ0) is 20.2. The average Bonchev–Trinajstić information content (AvgIpc) is 3.26. The number of rotatable bonds is 5. The first kappa shape index (κ1) is 19.0. The van der Waals surface area contributed by atoms with Crippen molar-refractivity contribution in [3.63, 3.8) is 0 Å². The van der Waals surface area contributed by atoms with Crippen molar-refractivity contribution in [2.75, 3.05) is 18.0 Å². The van der Waals surface area contributed by atoms with Crippen molar-refractivity contribution in [1.29, 1.82) is 0 Å². The molecule has 3 aromatic rings. The van der Waals surface area contributed by atoms with E-state index in [0.29, 0.717) is 25.5 Å². The number of fused-ring (bicyclic) bond motifs is 1. The van der Waals surface area contributed by atoms with E-state index in [1.165, 1.54) is 0 Å². The number of hydrogen-bond acceptors (Lipinski definition) is 3. The number of carbonyl (C=O) groups excluding carboxylic acids is 1. The Morgan fingerprint density at radius 3 is 2.69 bits per heavy atom. The molecular formula is C22H26N6O. The van der Waals surface area contributed by atoms with Gasteiger partial charge in [0.1, 0.15) is 12.4 Å². The van der Waals surface area contributed by atoms with Crippen LogP contribution in [0.1, 0.15) is 19.2 Å². The van der Waals surface area contributed by atoms with Crippen LogP contribution in [0.15, 0.2) is 59.6 Å². The molecule has 2 N–H and O–H groups in total. The fourth-order valence-electron chi connectivity index (χ4n) is 3.66. The van der Waals surface area contributed by atoms with Crippen LogP contribution in [0.2, 0.25) is 0 Å². The van der Waals surface area contributed by atoms with Crippen molar-refractivity contribution in [2.24, 2.45) is 12.0 Å². The molecule has 1 aliphatic rings. The molecule has 1 unspecified atom stereocenters. The standard InChI is InChI=1S/C22H26N6O/c1-3-23-22(24-14-20-26-18-11-7-8-12-19(18)27(20)2)25-16-13-21(29)28(15-16)17-9-5-4-6-10-17/h4-12,16H,3,13-15H2,1-2H3,(H2,23,24,25). The fourth-order valence-corrected chi connectivity index (χ4v) is 3.66. The number of hydrogen-bond donors (Lipinski definition) is 2. The lowest BCUT2D eigenvalue weighted by Crippen LogP contribution is -2.44. The van der Waals surface area contributed by atoms with E-state index in [9.17, 15) is 4.79 Å². The Labute approximate surface area is 170 Å². The van der Waals surface area contributed by atoms with Crippen molar-refractivity contribution in [2.45, 2.75) is 25.9 Å². The maximum Gasteiger partial charge on any atom is 0.229 e. The lowest BCUT2D eigenvalue weighted by Gasteiger charge is -2.19. The molecule has 0 saturated carbocycles. The van der Waals surface area contributed by atoms with Crippen LogP contribution in [0.3, 0.4) is 0 Å². The topological polar surface area (TPSA) is 74.5 Å². The van der Waals surface area contributed by atoms with E-state index >= 15 is 0 Å². The van der Waals surface area contributed by atoms with E-state index in [1.54, 1.807) is 0 Å². The van der Waals surface area contributed by atoms with Crippen molar-refractivity contribution >= 4 is 28.6 Å². The van der Waals surface area contributed by atoms with Crippen LogP contribution in [0.25, 0.3) is 11.0 Å². The minimum absolute atomic E-state index is 0.0148. The van der Waals surface area contributed by atoms with Crippen LogP contribution in [-0.4, -0.2) is 40.5 Å². The number of aliphatic imine (C=N–C) groups is 1. The Bertz CT molecular complexity index is 1030. The van der Waals surface area contributed by atoms with Crippen LogP contribution in [0.4, 0.5) is 5.69 Å². The SMILES string of the molecule is CCNC(=NCc1nc2ccccc2n1C)NC1CC(=O)N(c2ccccc2)C1. The van der Waals surface area contributed by atoms with Gasteiger partial charge in [0.15, 0.2) is 5.96 Å². The number of benzene rings is 2. The van der Waals surface area contributed by atoms with E-state index in [-0.39, 0.29) is 11.9 Å². The van der Waals surface area contributed by atoms with Gasteiger partial charge in [0.25, 0.3) is 0 Å². The summed E-state index contributed by atoms with van der Waals surface area (Å²) in [6, 6.07) is 17.9. The fraction of sp³-hybridized carbons (Fsp3) is 0.318. The molecule has 29 heavy (non-hydrogen) atoms. The lowest BCUT2D eigenvalue weighted by atomic mass is 10.2. The van der Waals surface area contributed by atoms with Crippen LogP contribution in [0, 0.1) is 0 Å². The summed E-state index contributed by atoms with van der Waals surface area (Å²) >= 11 is 0. The van der Waals surface area contributed by atoms with Gasteiger partial charge in [-0.15, -0.1) is 0 Å². The normalized spacial score (nSPS) is 17.2. The maximum atomic E-state index is 12.5. The van der Waals surface area contributed by atoms with Gasteiger partial charge in [0.05, 0.1) is 17.1 Å². The summed E-state index contributed by atoms with van der Waals surface area (Å²) in [5.41, 5.74) is 3.00. The second-order valence-electron chi connectivity index (χ2n) is 7.16. The van der Waals surface area contributed by atoms with E-state index in [4.69, 9.17) is 4.99 Å². The number of guanidine groups is 1. The number of amides is 1.